The highest BCUT2D eigenvalue weighted by Crippen LogP contribution is 2.24. The normalized spacial score (nSPS) is 10.4. The fourth-order valence-electron chi connectivity index (χ4n) is 2.22. The topological polar surface area (TPSA) is 26.3 Å². The van der Waals surface area contributed by atoms with E-state index in [1.165, 1.54) is 11.1 Å². The molecule has 0 spiro atoms. The Balaban J connectivity index is 2.20. The zero-order chi connectivity index (χ0) is 14.7. The first kappa shape index (κ1) is 14.8. The molecule has 0 aliphatic carbocycles. The Bertz CT molecular complexity index is 627. The van der Waals surface area contributed by atoms with Crippen molar-refractivity contribution < 1.29 is 9.53 Å². The van der Waals surface area contributed by atoms with Crippen LogP contribution in [0.25, 0.3) is 0 Å². The molecule has 0 fully saturated rings. The predicted molar refractivity (Wildman–Crippen MR) is 84.4 cm³/mol. The van der Waals surface area contributed by atoms with Gasteiger partial charge in [-0.25, -0.2) is 0 Å². The van der Waals surface area contributed by atoms with E-state index in [0.29, 0.717) is 17.9 Å². The van der Waals surface area contributed by atoms with E-state index >= 15 is 0 Å². The lowest BCUT2D eigenvalue weighted by Crippen LogP contribution is -2.02. The zero-order valence-electron chi connectivity index (χ0n) is 11.9. The molecule has 0 heterocycles. The van der Waals surface area contributed by atoms with Crippen molar-refractivity contribution in [1.82, 2.24) is 0 Å². The number of Topliss-reactive ketones (excluding diaryl/α,β-unsaturated/α-hetero) is 1. The van der Waals surface area contributed by atoms with Gasteiger partial charge >= 0.3 is 0 Å². The number of benzene rings is 2. The van der Waals surface area contributed by atoms with Crippen molar-refractivity contribution in [3.63, 3.8) is 0 Å². The molecule has 2 rings (SSSR count). The number of rotatable bonds is 4. The number of carbonyl (C=O) groups is 1. The van der Waals surface area contributed by atoms with Crippen LogP contribution in [0, 0.1) is 13.8 Å². The van der Waals surface area contributed by atoms with Crippen LogP contribution < -0.4 is 4.74 Å². The second kappa shape index (κ2) is 6.23. The van der Waals surface area contributed by atoms with Gasteiger partial charge in [-0.2, -0.15) is 0 Å². The molecule has 0 amide bonds. The van der Waals surface area contributed by atoms with Crippen molar-refractivity contribution in [3.05, 3.63) is 63.1 Å². The van der Waals surface area contributed by atoms with Crippen LogP contribution in [0.1, 0.15) is 34.0 Å². The SMILES string of the molecule is CC(=O)c1cc(Br)ccc1OCc1cc(C)cc(C)c1. The number of hydrogen-bond acceptors (Lipinski definition) is 2. The van der Waals surface area contributed by atoms with Gasteiger partial charge in [0.2, 0.25) is 0 Å². The van der Waals surface area contributed by atoms with Gasteiger partial charge in [0.25, 0.3) is 0 Å². The zero-order valence-corrected chi connectivity index (χ0v) is 13.5. The first-order valence-electron chi connectivity index (χ1n) is 6.46. The summed E-state index contributed by atoms with van der Waals surface area (Å²) in [5.74, 6) is 0.626. The lowest BCUT2D eigenvalue weighted by molar-refractivity contribution is 0.101. The highest BCUT2D eigenvalue weighted by molar-refractivity contribution is 9.10. The standard InChI is InChI=1S/C17H17BrO2/c1-11-6-12(2)8-14(7-11)10-20-17-5-4-15(18)9-16(17)13(3)19/h4-9H,10H2,1-3H3. The molecule has 3 heteroatoms. The molecule has 0 aliphatic heterocycles. The van der Waals surface area contributed by atoms with Crippen molar-refractivity contribution in [2.45, 2.75) is 27.4 Å². The van der Waals surface area contributed by atoms with E-state index in [4.69, 9.17) is 4.74 Å². The number of aryl methyl sites for hydroxylation is 2. The van der Waals surface area contributed by atoms with Gasteiger partial charge in [0.15, 0.2) is 5.78 Å². The largest absolute Gasteiger partial charge is 0.488 e. The Hall–Kier alpha value is -1.61. The summed E-state index contributed by atoms with van der Waals surface area (Å²) >= 11 is 3.37. The summed E-state index contributed by atoms with van der Waals surface area (Å²) in [6.07, 6.45) is 0. The summed E-state index contributed by atoms with van der Waals surface area (Å²) in [5.41, 5.74) is 4.14. The predicted octanol–water partition coefficient (Wildman–Crippen LogP) is 4.85. The van der Waals surface area contributed by atoms with E-state index < -0.39 is 0 Å². The van der Waals surface area contributed by atoms with E-state index in [1.54, 1.807) is 13.0 Å². The number of hydrogen-bond donors (Lipinski definition) is 0. The average Bonchev–Trinajstić information content (AvgIpc) is 2.36. The van der Waals surface area contributed by atoms with E-state index in [1.807, 2.05) is 12.1 Å². The summed E-state index contributed by atoms with van der Waals surface area (Å²) in [6.45, 7) is 6.14. The van der Waals surface area contributed by atoms with Crippen molar-refractivity contribution in [3.8, 4) is 5.75 Å². The molecular weight excluding hydrogens is 316 g/mol. The summed E-state index contributed by atoms with van der Waals surface area (Å²) < 4.78 is 6.68. The summed E-state index contributed by atoms with van der Waals surface area (Å²) in [5, 5.41) is 0. The van der Waals surface area contributed by atoms with E-state index in [0.717, 1.165) is 10.0 Å². The van der Waals surface area contributed by atoms with Gasteiger partial charge < -0.3 is 4.74 Å². The van der Waals surface area contributed by atoms with Crippen molar-refractivity contribution in [1.29, 1.82) is 0 Å². The fourth-order valence-corrected chi connectivity index (χ4v) is 2.58. The van der Waals surface area contributed by atoms with Crippen LogP contribution >= 0.6 is 15.9 Å². The third-order valence-corrected chi connectivity index (χ3v) is 3.49. The van der Waals surface area contributed by atoms with Gasteiger partial charge in [0, 0.05) is 4.47 Å². The van der Waals surface area contributed by atoms with Gasteiger partial charge in [0.1, 0.15) is 12.4 Å². The molecule has 0 aromatic heterocycles. The maximum Gasteiger partial charge on any atom is 0.163 e. The van der Waals surface area contributed by atoms with Crippen LogP contribution in [0.15, 0.2) is 40.9 Å². The Morgan fingerprint density at radius 3 is 2.35 bits per heavy atom. The Morgan fingerprint density at radius 2 is 1.75 bits per heavy atom. The highest BCUT2D eigenvalue weighted by atomic mass is 79.9. The van der Waals surface area contributed by atoms with Crippen LogP contribution in [-0.4, -0.2) is 5.78 Å². The summed E-state index contributed by atoms with van der Waals surface area (Å²) in [4.78, 5) is 11.6. The lowest BCUT2D eigenvalue weighted by atomic mass is 10.1. The Kier molecular flexibility index (Phi) is 4.61. The van der Waals surface area contributed by atoms with Crippen LogP contribution in [-0.2, 0) is 6.61 Å². The Morgan fingerprint density at radius 1 is 1.10 bits per heavy atom. The number of carbonyl (C=O) groups excluding carboxylic acids is 1. The minimum atomic E-state index is 0.00160. The van der Waals surface area contributed by atoms with Gasteiger partial charge in [-0.05, 0) is 44.5 Å². The first-order chi connectivity index (χ1) is 9.45. The van der Waals surface area contributed by atoms with Crippen LogP contribution in [0.5, 0.6) is 5.75 Å². The molecule has 2 aromatic rings. The van der Waals surface area contributed by atoms with Crippen molar-refractivity contribution in [2.75, 3.05) is 0 Å². The van der Waals surface area contributed by atoms with Gasteiger partial charge in [-0.15, -0.1) is 0 Å². The minimum absolute atomic E-state index is 0.00160. The molecule has 0 aliphatic rings. The van der Waals surface area contributed by atoms with Gasteiger partial charge in [-0.3, -0.25) is 4.79 Å². The molecule has 0 atom stereocenters. The first-order valence-corrected chi connectivity index (χ1v) is 7.25. The highest BCUT2D eigenvalue weighted by Gasteiger charge is 2.09. The molecule has 0 radical (unpaired) electrons. The fraction of sp³-hybridized carbons (Fsp3) is 0.235. The quantitative estimate of drug-likeness (QED) is 0.748. The monoisotopic (exact) mass is 332 g/mol. The minimum Gasteiger partial charge on any atom is -0.488 e. The molecular formula is C17H17BrO2. The lowest BCUT2D eigenvalue weighted by Gasteiger charge is -2.11. The molecule has 20 heavy (non-hydrogen) atoms. The summed E-state index contributed by atoms with van der Waals surface area (Å²) in [6, 6.07) is 11.8. The number of ether oxygens (including phenoxy) is 1. The van der Waals surface area contributed by atoms with Gasteiger partial charge in [0.05, 0.1) is 5.56 Å². The van der Waals surface area contributed by atoms with Crippen molar-refractivity contribution in [2.24, 2.45) is 0 Å². The van der Waals surface area contributed by atoms with Gasteiger partial charge in [-0.1, -0.05) is 45.3 Å². The smallest absolute Gasteiger partial charge is 0.163 e. The molecule has 2 nitrogen and oxygen atoms in total. The third kappa shape index (κ3) is 3.70. The molecule has 0 saturated carbocycles. The number of ketones is 1. The maximum atomic E-state index is 11.6. The third-order valence-electron chi connectivity index (χ3n) is 3.00. The number of halogens is 1. The van der Waals surface area contributed by atoms with Crippen LogP contribution in [0.4, 0.5) is 0 Å². The summed E-state index contributed by atoms with van der Waals surface area (Å²) in [7, 11) is 0. The molecule has 0 bridgehead atoms. The molecule has 0 unspecified atom stereocenters. The second-order valence-corrected chi connectivity index (χ2v) is 5.90. The molecule has 0 saturated heterocycles. The molecule has 2 aromatic carbocycles. The van der Waals surface area contributed by atoms with E-state index in [2.05, 4.69) is 48.0 Å². The van der Waals surface area contributed by atoms with E-state index in [9.17, 15) is 4.79 Å². The maximum absolute atomic E-state index is 11.6. The van der Waals surface area contributed by atoms with E-state index in [-0.39, 0.29) is 5.78 Å². The van der Waals surface area contributed by atoms with Crippen molar-refractivity contribution >= 4 is 21.7 Å². The van der Waals surface area contributed by atoms with Crippen LogP contribution in [0.2, 0.25) is 0 Å². The molecule has 0 N–H and O–H groups in total. The second-order valence-electron chi connectivity index (χ2n) is 4.98. The molecule has 104 valence electrons. The average molecular weight is 333 g/mol. The van der Waals surface area contributed by atoms with Crippen LogP contribution in [0.3, 0.4) is 0 Å². The Labute approximate surface area is 127 Å².